The van der Waals surface area contributed by atoms with Gasteiger partial charge in [-0.2, -0.15) is 0 Å². The Labute approximate surface area is 119 Å². The van der Waals surface area contributed by atoms with Crippen molar-refractivity contribution in [2.45, 2.75) is 44.7 Å². The van der Waals surface area contributed by atoms with Crippen molar-refractivity contribution in [3.63, 3.8) is 0 Å². The molecule has 1 aromatic rings. The van der Waals surface area contributed by atoms with Gasteiger partial charge < -0.3 is 11.1 Å². The Morgan fingerprint density at radius 3 is 2.94 bits per heavy atom. The predicted molar refractivity (Wildman–Crippen MR) is 78.1 cm³/mol. The Hall–Kier alpha value is -0.580. The average Bonchev–Trinajstić information content (AvgIpc) is 2.90. The van der Waals surface area contributed by atoms with Crippen molar-refractivity contribution < 1.29 is 4.79 Å². The van der Waals surface area contributed by atoms with Gasteiger partial charge in [0.15, 0.2) is 0 Å². The summed E-state index contributed by atoms with van der Waals surface area (Å²) < 4.78 is 0. The zero-order valence-corrected chi connectivity index (χ0v) is 12.2. The molecule has 0 spiro atoms. The fourth-order valence-electron chi connectivity index (χ4n) is 2.47. The molecule has 1 saturated carbocycles. The predicted octanol–water partition coefficient (Wildman–Crippen LogP) is 2.86. The third-order valence-electron chi connectivity index (χ3n) is 3.51. The zero-order chi connectivity index (χ0) is 12.3. The van der Waals surface area contributed by atoms with Gasteiger partial charge in [0.05, 0.1) is 6.04 Å². The second-order valence-electron chi connectivity index (χ2n) is 4.86. The van der Waals surface area contributed by atoms with Gasteiger partial charge in [-0.3, -0.25) is 4.79 Å². The molecule has 0 radical (unpaired) electrons. The van der Waals surface area contributed by atoms with Crippen LogP contribution in [0.1, 0.15) is 43.5 Å². The van der Waals surface area contributed by atoms with Gasteiger partial charge in [-0.05, 0) is 37.1 Å². The van der Waals surface area contributed by atoms with Gasteiger partial charge in [-0.25, -0.2) is 0 Å². The fraction of sp³-hybridized carbons (Fsp3) is 0.615. The molecule has 0 aromatic carbocycles. The van der Waals surface area contributed by atoms with E-state index in [0.29, 0.717) is 12.3 Å². The van der Waals surface area contributed by atoms with Gasteiger partial charge in [0.2, 0.25) is 5.91 Å². The van der Waals surface area contributed by atoms with Crippen molar-refractivity contribution in [1.29, 1.82) is 0 Å². The minimum atomic E-state index is 0. The van der Waals surface area contributed by atoms with Crippen LogP contribution in [0.25, 0.3) is 0 Å². The van der Waals surface area contributed by atoms with Crippen LogP contribution in [0.3, 0.4) is 0 Å². The molecule has 0 bridgehead atoms. The summed E-state index contributed by atoms with van der Waals surface area (Å²) in [4.78, 5) is 13.1. The first-order chi connectivity index (χ1) is 8.16. The standard InChI is InChI=1S/C13H20N2OS.ClH/c1-9(12-6-3-7-17-12)15-13(16)8-10-4-2-5-11(10)14;/h3,6-7,9-11H,2,4-5,8,14H2,1H3,(H,15,16);1H/t9?,10-,11+;/m0./s1. The van der Waals surface area contributed by atoms with E-state index in [9.17, 15) is 4.79 Å². The SMILES string of the molecule is CC(NC(=O)C[C@@H]1CCC[C@H]1N)c1cccs1.Cl. The van der Waals surface area contributed by atoms with Crippen LogP contribution in [0.15, 0.2) is 17.5 Å². The third-order valence-corrected chi connectivity index (χ3v) is 4.57. The minimum Gasteiger partial charge on any atom is -0.349 e. The van der Waals surface area contributed by atoms with Crippen molar-refractivity contribution >= 4 is 29.7 Å². The summed E-state index contributed by atoms with van der Waals surface area (Å²) in [6.07, 6.45) is 3.91. The number of halogens is 1. The number of carbonyl (C=O) groups excluding carboxylic acids is 1. The molecule has 1 unspecified atom stereocenters. The number of nitrogens with two attached hydrogens (primary N) is 1. The molecule has 1 aliphatic rings. The number of amides is 1. The quantitative estimate of drug-likeness (QED) is 0.895. The first-order valence-corrected chi connectivity index (χ1v) is 7.13. The second kappa shape index (κ2) is 7.12. The number of hydrogen-bond acceptors (Lipinski definition) is 3. The zero-order valence-electron chi connectivity index (χ0n) is 10.6. The van der Waals surface area contributed by atoms with Crippen LogP contribution < -0.4 is 11.1 Å². The van der Waals surface area contributed by atoms with E-state index in [4.69, 9.17) is 5.73 Å². The van der Waals surface area contributed by atoms with Gasteiger partial charge >= 0.3 is 0 Å². The van der Waals surface area contributed by atoms with E-state index in [0.717, 1.165) is 12.8 Å². The van der Waals surface area contributed by atoms with Crippen LogP contribution in [0.2, 0.25) is 0 Å². The van der Waals surface area contributed by atoms with Gasteiger partial charge in [0, 0.05) is 17.3 Å². The number of thiophene rings is 1. The maximum atomic E-state index is 11.9. The summed E-state index contributed by atoms with van der Waals surface area (Å²) >= 11 is 1.68. The van der Waals surface area contributed by atoms with E-state index in [2.05, 4.69) is 11.4 Å². The molecular formula is C13H21ClN2OS. The molecule has 0 saturated heterocycles. The summed E-state index contributed by atoms with van der Waals surface area (Å²) in [6, 6.07) is 4.39. The topological polar surface area (TPSA) is 55.1 Å². The fourth-order valence-corrected chi connectivity index (χ4v) is 3.20. The summed E-state index contributed by atoms with van der Waals surface area (Å²) in [6.45, 7) is 2.03. The smallest absolute Gasteiger partial charge is 0.220 e. The summed E-state index contributed by atoms with van der Waals surface area (Å²) in [5, 5.41) is 5.08. The molecule has 3 nitrogen and oxygen atoms in total. The van der Waals surface area contributed by atoms with E-state index in [1.807, 2.05) is 18.4 Å². The van der Waals surface area contributed by atoms with Crippen molar-refractivity contribution in [2.75, 3.05) is 0 Å². The van der Waals surface area contributed by atoms with Crippen molar-refractivity contribution in [3.8, 4) is 0 Å². The lowest BCUT2D eigenvalue weighted by Gasteiger charge is -2.17. The largest absolute Gasteiger partial charge is 0.349 e. The van der Waals surface area contributed by atoms with Crippen LogP contribution >= 0.6 is 23.7 Å². The van der Waals surface area contributed by atoms with Crippen molar-refractivity contribution in [1.82, 2.24) is 5.32 Å². The minimum absolute atomic E-state index is 0. The third kappa shape index (κ3) is 3.97. The molecule has 3 N–H and O–H groups in total. The molecule has 18 heavy (non-hydrogen) atoms. The molecule has 1 amide bonds. The van der Waals surface area contributed by atoms with Crippen LogP contribution in [0.5, 0.6) is 0 Å². The van der Waals surface area contributed by atoms with Crippen molar-refractivity contribution in [2.24, 2.45) is 11.7 Å². The lowest BCUT2D eigenvalue weighted by atomic mass is 10.00. The Morgan fingerprint density at radius 2 is 2.39 bits per heavy atom. The first kappa shape index (κ1) is 15.5. The molecule has 1 fully saturated rings. The Kier molecular flexibility index (Phi) is 6.12. The van der Waals surface area contributed by atoms with Gasteiger partial charge in [0.1, 0.15) is 0 Å². The molecule has 1 aromatic heterocycles. The maximum Gasteiger partial charge on any atom is 0.220 e. The maximum absolute atomic E-state index is 11.9. The van der Waals surface area contributed by atoms with Gasteiger partial charge in [0.25, 0.3) is 0 Å². The van der Waals surface area contributed by atoms with E-state index in [-0.39, 0.29) is 30.4 Å². The summed E-state index contributed by atoms with van der Waals surface area (Å²) in [5.41, 5.74) is 5.97. The van der Waals surface area contributed by atoms with Crippen LogP contribution in [-0.2, 0) is 4.79 Å². The summed E-state index contributed by atoms with van der Waals surface area (Å²) in [7, 11) is 0. The highest BCUT2D eigenvalue weighted by molar-refractivity contribution is 7.10. The normalized spacial score (nSPS) is 24.3. The Balaban J connectivity index is 0.00000162. The highest BCUT2D eigenvalue weighted by atomic mass is 35.5. The highest BCUT2D eigenvalue weighted by Crippen LogP contribution is 2.27. The monoisotopic (exact) mass is 288 g/mol. The van der Waals surface area contributed by atoms with Gasteiger partial charge in [-0.15, -0.1) is 23.7 Å². The van der Waals surface area contributed by atoms with Crippen LogP contribution in [0.4, 0.5) is 0 Å². The molecule has 5 heteroatoms. The van der Waals surface area contributed by atoms with Crippen LogP contribution in [-0.4, -0.2) is 11.9 Å². The molecule has 1 aliphatic carbocycles. The molecular weight excluding hydrogens is 268 g/mol. The molecule has 2 rings (SSSR count). The van der Waals surface area contributed by atoms with Gasteiger partial charge in [-0.1, -0.05) is 12.5 Å². The van der Waals surface area contributed by atoms with E-state index in [1.165, 1.54) is 11.3 Å². The average molecular weight is 289 g/mol. The lowest BCUT2D eigenvalue weighted by molar-refractivity contribution is -0.122. The van der Waals surface area contributed by atoms with E-state index < -0.39 is 0 Å². The molecule has 3 atom stereocenters. The lowest BCUT2D eigenvalue weighted by Crippen LogP contribution is -2.32. The second-order valence-corrected chi connectivity index (χ2v) is 5.84. The number of carbonyl (C=O) groups is 1. The van der Waals surface area contributed by atoms with Crippen LogP contribution in [0, 0.1) is 5.92 Å². The number of nitrogens with one attached hydrogen (secondary N) is 1. The molecule has 1 heterocycles. The Bertz CT molecular complexity index is 369. The van der Waals surface area contributed by atoms with E-state index >= 15 is 0 Å². The van der Waals surface area contributed by atoms with E-state index in [1.54, 1.807) is 11.3 Å². The first-order valence-electron chi connectivity index (χ1n) is 6.25. The Morgan fingerprint density at radius 1 is 1.61 bits per heavy atom. The molecule has 0 aliphatic heterocycles. The molecule has 102 valence electrons. The summed E-state index contributed by atoms with van der Waals surface area (Å²) in [5.74, 6) is 0.513. The van der Waals surface area contributed by atoms with Crippen molar-refractivity contribution in [3.05, 3.63) is 22.4 Å². The highest BCUT2D eigenvalue weighted by Gasteiger charge is 2.26. The number of hydrogen-bond donors (Lipinski definition) is 2. The number of rotatable bonds is 4.